The van der Waals surface area contributed by atoms with Gasteiger partial charge in [0.05, 0.1) is 4.90 Å². The lowest BCUT2D eigenvalue weighted by atomic mass is 10.2. The summed E-state index contributed by atoms with van der Waals surface area (Å²) >= 11 is 0. The molecule has 2 aliphatic rings. The maximum atomic E-state index is 12.6. The largest absolute Gasteiger partial charge is 0.573 e. The van der Waals surface area contributed by atoms with Gasteiger partial charge in [0.2, 0.25) is 15.9 Å². The van der Waals surface area contributed by atoms with E-state index in [1.807, 2.05) is 6.92 Å². The summed E-state index contributed by atoms with van der Waals surface area (Å²) in [7, 11) is -3.83. The van der Waals surface area contributed by atoms with Crippen molar-refractivity contribution in [2.24, 2.45) is 11.8 Å². The van der Waals surface area contributed by atoms with Gasteiger partial charge >= 0.3 is 6.36 Å². The maximum Gasteiger partial charge on any atom is 0.573 e. The molecule has 0 bridgehead atoms. The summed E-state index contributed by atoms with van der Waals surface area (Å²) in [6, 6.07) is 4.10. The van der Waals surface area contributed by atoms with Gasteiger partial charge in [0.25, 0.3) is 0 Å². The zero-order valence-electron chi connectivity index (χ0n) is 14.1. The molecule has 0 unspecified atom stereocenters. The van der Waals surface area contributed by atoms with Gasteiger partial charge in [-0.2, -0.15) is 4.31 Å². The molecule has 0 N–H and O–H groups in total. The van der Waals surface area contributed by atoms with E-state index in [2.05, 4.69) is 4.74 Å². The summed E-state index contributed by atoms with van der Waals surface area (Å²) < 4.78 is 66.7. The summed E-state index contributed by atoms with van der Waals surface area (Å²) in [5.74, 6) is 0.0367. The van der Waals surface area contributed by atoms with Gasteiger partial charge in [0.1, 0.15) is 5.75 Å². The van der Waals surface area contributed by atoms with Crippen molar-refractivity contribution in [3.05, 3.63) is 24.3 Å². The van der Waals surface area contributed by atoms with Crippen molar-refractivity contribution in [3.63, 3.8) is 0 Å². The molecule has 1 aromatic rings. The van der Waals surface area contributed by atoms with Crippen molar-refractivity contribution in [3.8, 4) is 5.75 Å². The van der Waals surface area contributed by atoms with Gasteiger partial charge < -0.3 is 9.64 Å². The molecular formula is C16H19F3N2O4S. The molecule has 1 saturated carbocycles. The maximum absolute atomic E-state index is 12.6. The predicted molar refractivity (Wildman–Crippen MR) is 85.7 cm³/mol. The summed E-state index contributed by atoms with van der Waals surface area (Å²) in [5, 5.41) is 0. The number of benzene rings is 1. The van der Waals surface area contributed by atoms with E-state index in [4.69, 9.17) is 0 Å². The van der Waals surface area contributed by atoms with Gasteiger partial charge in [-0.05, 0) is 36.6 Å². The highest BCUT2D eigenvalue weighted by molar-refractivity contribution is 7.89. The van der Waals surface area contributed by atoms with E-state index < -0.39 is 22.1 Å². The van der Waals surface area contributed by atoms with Crippen LogP contribution in [0.25, 0.3) is 0 Å². The van der Waals surface area contributed by atoms with Crippen LogP contribution in [0, 0.1) is 11.8 Å². The molecule has 1 heterocycles. The Balaban J connectivity index is 1.63. The van der Waals surface area contributed by atoms with E-state index in [9.17, 15) is 26.4 Å². The minimum atomic E-state index is -4.83. The summed E-state index contributed by atoms with van der Waals surface area (Å²) in [6.45, 7) is 2.97. The Kier molecular flexibility index (Phi) is 4.91. The summed E-state index contributed by atoms with van der Waals surface area (Å²) in [6.07, 6.45) is -3.95. The van der Waals surface area contributed by atoms with Crippen LogP contribution in [0.4, 0.5) is 13.2 Å². The monoisotopic (exact) mass is 392 g/mol. The second-order valence-electron chi connectivity index (χ2n) is 6.57. The zero-order valence-corrected chi connectivity index (χ0v) is 14.9. The van der Waals surface area contributed by atoms with Crippen LogP contribution in [0.15, 0.2) is 29.2 Å². The molecule has 2 atom stereocenters. The second-order valence-corrected chi connectivity index (χ2v) is 8.51. The number of ether oxygens (including phenoxy) is 1. The first-order valence-corrected chi connectivity index (χ1v) is 9.67. The average molecular weight is 392 g/mol. The normalized spacial score (nSPS) is 24.4. The number of piperazine rings is 1. The Morgan fingerprint density at radius 2 is 1.65 bits per heavy atom. The van der Waals surface area contributed by atoms with Crippen LogP contribution in [0.1, 0.15) is 13.3 Å². The van der Waals surface area contributed by atoms with E-state index in [1.165, 1.54) is 4.31 Å². The van der Waals surface area contributed by atoms with E-state index in [1.54, 1.807) is 4.90 Å². The first kappa shape index (κ1) is 19.0. The number of nitrogens with zero attached hydrogens (tertiary/aromatic N) is 2. The SMILES string of the molecule is C[C@@H]1C[C@@H]1C(=O)N1CCN(S(=O)(=O)c2ccc(OC(F)(F)F)cc2)CC1. The Labute approximate surface area is 149 Å². The van der Waals surface area contributed by atoms with Crippen LogP contribution in [0.2, 0.25) is 0 Å². The lowest BCUT2D eigenvalue weighted by Crippen LogP contribution is -2.51. The fourth-order valence-electron chi connectivity index (χ4n) is 3.01. The molecule has 10 heteroatoms. The van der Waals surface area contributed by atoms with Crippen LogP contribution >= 0.6 is 0 Å². The molecule has 26 heavy (non-hydrogen) atoms. The van der Waals surface area contributed by atoms with Gasteiger partial charge in [-0.25, -0.2) is 8.42 Å². The number of carbonyl (C=O) groups is 1. The molecule has 0 spiro atoms. The molecule has 2 fully saturated rings. The molecular weight excluding hydrogens is 373 g/mol. The van der Waals surface area contributed by atoms with Crippen LogP contribution in [0.3, 0.4) is 0 Å². The molecule has 1 aliphatic heterocycles. The number of halogens is 3. The second kappa shape index (κ2) is 6.73. The lowest BCUT2D eigenvalue weighted by Gasteiger charge is -2.34. The van der Waals surface area contributed by atoms with Gasteiger partial charge in [0.15, 0.2) is 0 Å². The number of carbonyl (C=O) groups excluding carboxylic acids is 1. The van der Waals surface area contributed by atoms with E-state index >= 15 is 0 Å². The molecule has 6 nitrogen and oxygen atoms in total. The Morgan fingerprint density at radius 1 is 1.12 bits per heavy atom. The highest BCUT2D eigenvalue weighted by Crippen LogP contribution is 2.39. The van der Waals surface area contributed by atoms with Crippen LogP contribution < -0.4 is 4.74 Å². The molecule has 1 amide bonds. The fourth-order valence-corrected chi connectivity index (χ4v) is 4.43. The van der Waals surface area contributed by atoms with Crippen molar-refractivity contribution in [1.29, 1.82) is 0 Å². The van der Waals surface area contributed by atoms with E-state index in [0.717, 1.165) is 30.7 Å². The number of hydrogen-bond donors (Lipinski definition) is 0. The number of amides is 1. The van der Waals surface area contributed by atoms with Gasteiger partial charge in [-0.15, -0.1) is 13.2 Å². The molecule has 144 valence electrons. The van der Waals surface area contributed by atoms with Crippen LogP contribution in [-0.2, 0) is 14.8 Å². The summed E-state index contributed by atoms with van der Waals surface area (Å²) in [4.78, 5) is 13.8. The molecule has 3 rings (SSSR count). The summed E-state index contributed by atoms with van der Waals surface area (Å²) in [5.41, 5.74) is 0. The number of rotatable bonds is 4. The van der Waals surface area contributed by atoms with Gasteiger partial charge in [0, 0.05) is 32.1 Å². The first-order valence-electron chi connectivity index (χ1n) is 8.23. The van der Waals surface area contributed by atoms with Crippen molar-refractivity contribution in [1.82, 2.24) is 9.21 Å². The quantitative estimate of drug-likeness (QED) is 0.787. The van der Waals surface area contributed by atoms with Crippen molar-refractivity contribution in [2.75, 3.05) is 26.2 Å². The Bertz CT molecular complexity index is 772. The third kappa shape index (κ3) is 4.12. The van der Waals surface area contributed by atoms with Crippen LogP contribution in [0.5, 0.6) is 5.75 Å². The third-order valence-corrected chi connectivity index (χ3v) is 6.58. The molecule has 1 aromatic carbocycles. The van der Waals surface area contributed by atoms with Gasteiger partial charge in [-0.1, -0.05) is 6.92 Å². The fraction of sp³-hybridized carbons (Fsp3) is 0.562. The van der Waals surface area contributed by atoms with Gasteiger partial charge in [-0.3, -0.25) is 4.79 Å². The van der Waals surface area contributed by atoms with E-state index in [-0.39, 0.29) is 29.8 Å². The highest BCUT2D eigenvalue weighted by atomic mass is 32.2. The molecule has 1 aliphatic carbocycles. The minimum absolute atomic E-state index is 0.0549. The third-order valence-electron chi connectivity index (χ3n) is 4.67. The minimum Gasteiger partial charge on any atom is -0.406 e. The molecule has 0 aromatic heterocycles. The standard InChI is InChI=1S/C16H19F3N2O4S/c1-11-10-14(11)15(22)20-6-8-21(9-7-20)26(23,24)13-4-2-12(3-5-13)25-16(17,18)19/h2-5,11,14H,6-10H2,1H3/t11-,14+/m1/s1. The molecule has 0 radical (unpaired) electrons. The topological polar surface area (TPSA) is 66.9 Å². The highest BCUT2D eigenvalue weighted by Gasteiger charge is 2.42. The Morgan fingerprint density at radius 3 is 2.12 bits per heavy atom. The van der Waals surface area contributed by atoms with Crippen LogP contribution in [-0.4, -0.2) is 56.1 Å². The predicted octanol–water partition coefficient (Wildman–Crippen LogP) is 2.07. The first-order chi connectivity index (χ1) is 12.1. The smallest absolute Gasteiger partial charge is 0.406 e. The lowest BCUT2D eigenvalue weighted by molar-refractivity contribution is -0.274. The van der Waals surface area contributed by atoms with E-state index in [0.29, 0.717) is 19.0 Å². The number of alkyl halides is 3. The molecule has 1 saturated heterocycles. The number of hydrogen-bond acceptors (Lipinski definition) is 4. The average Bonchev–Trinajstić information content (AvgIpc) is 3.30. The zero-order chi connectivity index (χ0) is 19.1. The number of sulfonamides is 1. The Hall–Kier alpha value is -1.81. The van der Waals surface area contributed by atoms with Crippen molar-refractivity contribution >= 4 is 15.9 Å². The van der Waals surface area contributed by atoms with Crippen molar-refractivity contribution in [2.45, 2.75) is 24.6 Å². The van der Waals surface area contributed by atoms with Crippen molar-refractivity contribution < 1.29 is 31.1 Å².